The molecule has 5 nitrogen and oxygen atoms in total. The molecule has 0 saturated carbocycles. The third kappa shape index (κ3) is 6.32. The number of nitrogens with one attached hydrogen (secondary N) is 2. The minimum atomic E-state index is -3.41. The summed E-state index contributed by atoms with van der Waals surface area (Å²) < 4.78 is 32.3. The summed E-state index contributed by atoms with van der Waals surface area (Å²) in [6.45, 7) is 8.25. The lowest BCUT2D eigenvalue weighted by molar-refractivity contribution is 0.0834. The van der Waals surface area contributed by atoms with Crippen LogP contribution < -0.4 is 10.0 Å². The van der Waals surface area contributed by atoms with Crippen LogP contribution in [-0.2, 0) is 21.3 Å². The van der Waals surface area contributed by atoms with Crippen molar-refractivity contribution in [3.05, 3.63) is 17.0 Å². The SMILES string of the molecule is CCCNCc1csc(S(=O)(=O)NCCOC(C)C)c1. The van der Waals surface area contributed by atoms with Gasteiger partial charge < -0.3 is 10.1 Å². The summed E-state index contributed by atoms with van der Waals surface area (Å²) in [7, 11) is -3.41. The predicted octanol–water partition coefficient (Wildman–Crippen LogP) is 1.95. The maximum absolute atomic E-state index is 12.0. The standard InChI is InChI=1S/C13H24N2O3S2/c1-4-5-14-9-12-8-13(19-10-12)20(16,17)15-6-7-18-11(2)3/h8,10-11,14-15H,4-7,9H2,1-3H3. The van der Waals surface area contributed by atoms with E-state index in [0.717, 1.165) is 18.5 Å². The van der Waals surface area contributed by atoms with E-state index in [1.54, 1.807) is 6.07 Å². The molecular weight excluding hydrogens is 296 g/mol. The van der Waals surface area contributed by atoms with Crippen LogP contribution in [0.25, 0.3) is 0 Å². The third-order valence-electron chi connectivity index (χ3n) is 2.50. The van der Waals surface area contributed by atoms with Crippen molar-refractivity contribution in [3.63, 3.8) is 0 Å². The summed E-state index contributed by atoms with van der Waals surface area (Å²) in [5, 5.41) is 5.13. The van der Waals surface area contributed by atoms with Crippen LogP contribution in [0.1, 0.15) is 32.8 Å². The molecule has 2 N–H and O–H groups in total. The topological polar surface area (TPSA) is 67.4 Å². The Morgan fingerprint density at radius 3 is 2.75 bits per heavy atom. The first kappa shape index (κ1) is 17.6. The van der Waals surface area contributed by atoms with Crippen molar-refractivity contribution in [1.82, 2.24) is 10.0 Å². The van der Waals surface area contributed by atoms with Gasteiger partial charge in [-0.3, -0.25) is 0 Å². The first-order valence-electron chi connectivity index (χ1n) is 6.85. The van der Waals surface area contributed by atoms with E-state index in [9.17, 15) is 8.42 Å². The van der Waals surface area contributed by atoms with Crippen LogP contribution in [0.15, 0.2) is 15.7 Å². The zero-order valence-corrected chi connectivity index (χ0v) is 13.9. The van der Waals surface area contributed by atoms with Gasteiger partial charge in [0.25, 0.3) is 0 Å². The van der Waals surface area contributed by atoms with Gasteiger partial charge in [-0.1, -0.05) is 6.92 Å². The lowest BCUT2D eigenvalue weighted by Gasteiger charge is -2.08. The molecule has 20 heavy (non-hydrogen) atoms. The average molecular weight is 320 g/mol. The molecule has 7 heteroatoms. The molecule has 0 amide bonds. The molecule has 0 unspecified atom stereocenters. The largest absolute Gasteiger partial charge is 0.377 e. The van der Waals surface area contributed by atoms with E-state index >= 15 is 0 Å². The smallest absolute Gasteiger partial charge is 0.250 e. The first-order chi connectivity index (χ1) is 9.45. The van der Waals surface area contributed by atoms with Gasteiger partial charge in [-0.05, 0) is 43.8 Å². The quantitative estimate of drug-likeness (QED) is 0.647. The lowest BCUT2D eigenvalue weighted by Crippen LogP contribution is -2.27. The number of hydrogen-bond acceptors (Lipinski definition) is 5. The van der Waals surface area contributed by atoms with Crippen LogP contribution in [0, 0.1) is 0 Å². The zero-order valence-electron chi connectivity index (χ0n) is 12.3. The maximum Gasteiger partial charge on any atom is 0.250 e. The van der Waals surface area contributed by atoms with Gasteiger partial charge >= 0.3 is 0 Å². The highest BCUT2D eigenvalue weighted by atomic mass is 32.2. The molecule has 0 radical (unpaired) electrons. The average Bonchev–Trinajstić information content (AvgIpc) is 2.84. The fraction of sp³-hybridized carbons (Fsp3) is 0.692. The minimum absolute atomic E-state index is 0.109. The summed E-state index contributed by atoms with van der Waals surface area (Å²) in [5.41, 5.74) is 1.00. The number of ether oxygens (including phenoxy) is 1. The Kier molecular flexibility index (Phi) is 7.68. The van der Waals surface area contributed by atoms with E-state index in [-0.39, 0.29) is 6.10 Å². The molecule has 1 rings (SSSR count). The molecule has 0 bridgehead atoms. The van der Waals surface area contributed by atoms with Gasteiger partial charge in [-0.15, -0.1) is 11.3 Å². The second-order valence-corrected chi connectivity index (χ2v) is 7.67. The molecule has 1 aromatic heterocycles. The van der Waals surface area contributed by atoms with E-state index in [0.29, 0.717) is 23.9 Å². The van der Waals surface area contributed by atoms with E-state index in [2.05, 4.69) is 17.0 Å². The first-order valence-corrected chi connectivity index (χ1v) is 9.21. The Bertz CT molecular complexity index is 484. The zero-order chi connectivity index (χ0) is 15.0. The molecule has 0 aromatic carbocycles. The number of thiophene rings is 1. The molecule has 0 aliphatic carbocycles. The van der Waals surface area contributed by atoms with Crippen molar-refractivity contribution < 1.29 is 13.2 Å². The summed E-state index contributed by atoms with van der Waals surface area (Å²) in [5.74, 6) is 0. The highest BCUT2D eigenvalue weighted by molar-refractivity contribution is 7.91. The lowest BCUT2D eigenvalue weighted by atomic mass is 10.3. The fourth-order valence-electron chi connectivity index (χ4n) is 1.54. The number of rotatable bonds is 10. The second kappa shape index (κ2) is 8.74. The molecular formula is C13H24N2O3S2. The van der Waals surface area contributed by atoms with Gasteiger partial charge in [0.1, 0.15) is 4.21 Å². The third-order valence-corrected chi connectivity index (χ3v) is 5.45. The Morgan fingerprint density at radius 2 is 2.10 bits per heavy atom. The maximum atomic E-state index is 12.0. The molecule has 116 valence electrons. The molecule has 0 fully saturated rings. The molecule has 0 aliphatic heterocycles. The Labute approximate surface area is 125 Å². The minimum Gasteiger partial charge on any atom is -0.377 e. The summed E-state index contributed by atoms with van der Waals surface area (Å²) in [6.07, 6.45) is 1.17. The van der Waals surface area contributed by atoms with Crippen LogP contribution >= 0.6 is 11.3 Å². The highest BCUT2D eigenvalue weighted by Gasteiger charge is 2.16. The molecule has 0 spiro atoms. The van der Waals surface area contributed by atoms with Gasteiger partial charge in [0.05, 0.1) is 12.7 Å². The highest BCUT2D eigenvalue weighted by Crippen LogP contribution is 2.19. The number of hydrogen-bond donors (Lipinski definition) is 2. The van der Waals surface area contributed by atoms with E-state index in [1.807, 2.05) is 19.2 Å². The van der Waals surface area contributed by atoms with Crippen LogP contribution in [0.5, 0.6) is 0 Å². The summed E-state index contributed by atoms with van der Waals surface area (Å²) >= 11 is 1.25. The van der Waals surface area contributed by atoms with Gasteiger partial charge in [-0.2, -0.15) is 0 Å². The summed E-state index contributed by atoms with van der Waals surface area (Å²) in [4.78, 5) is 0. The van der Waals surface area contributed by atoms with Crippen molar-refractivity contribution in [3.8, 4) is 0 Å². The second-order valence-electron chi connectivity index (χ2n) is 4.77. The van der Waals surface area contributed by atoms with Crippen LogP contribution in [0.2, 0.25) is 0 Å². The van der Waals surface area contributed by atoms with Crippen molar-refractivity contribution in [1.29, 1.82) is 0 Å². The van der Waals surface area contributed by atoms with E-state index in [1.165, 1.54) is 11.3 Å². The van der Waals surface area contributed by atoms with E-state index in [4.69, 9.17) is 4.74 Å². The molecule has 1 aromatic rings. The van der Waals surface area contributed by atoms with Gasteiger partial charge in [0.2, 0.25) is 10.0 Å². The van der Waals surface area contributed by atoms with Crippen molar-refractivity contribution in [2.24, 2.45) is 0 Å². The Morgan fingerprint density at radius 1 is 1.35 bits per heavy atom. The predicted molar refractivity (Wildman–Crippen MR) is 82.6 cm³/mol. The fourth-order valence-corrected chi connectivity index (χ4v) is 3.81. The monoisotopic (exact) mass is 320 g/mol. The Balaban J connectivity index is 2.46. The van der Waals surface area contributed by atoms with Crippen molar-refractivity contribution in [2.45, 2.75) is 44.0 Å². The summed E-state index contributed by atoms with van der Waals surface area (Å²) in [6, 6.07) is 1.72. The normalized spacial score (nSPS) is 12.2. The van der Waals surface area contributed by atoms with Gasteiger partial charge in [0.15, 0.2) is 0 Å². The molecule has 0 saturated heterocycles. The van der Waals surface area contributed by atoms with Crippen LogP contribution in [0.4, 0.5) is 0 Å². The van der Waals surface area contributed by atoms with Gasteiger partial charge in [-0.25, -0.2) is 13.1 Å². The van der Waals surface area contributed by atoms with Crippen LogP contribution in [0.3, 0.4) is 0 Å². The molecule has 0 aliphatic rings. The number of sulfonamides is 1. The van der Waals surface area contributed by atoms with Crippen molar-refractivity contribution in [2.75, 3.05) is 19.7 Å². The van der Waals surface area contributed by atoms with Crippen LogP contribution in [-0.4, -0.2) is 34.2 Å². The van der Waals surface area contributed by atoms with Gasteiger partial charge in [0, 0.05) is 13.1 Å². The van der Waals surface area contributed by atoms with Crippen molar-refractivity contribution >= 4 is 21.4 Å². The van der Waals surface area contributed by atoms with E-state index < -0.39 is 10.0 Å². The molecule has 0 atom stereocenters. The molecule has 1 heterocycles. The Hall–Kier alpha value is -0.470.